The Morgan fingerprint density at radius 2 is 1.73 bits per heavy atom. The molecule has 220 valence electrons. The van der Waals surface area contributed by atoms with Gasteiger partial charge >= 0.3 is 12.1 Å². The molecule has 11 heteroatoms. The van der Waals surface area contributed by atoms with E-state index in [1.54, 1.807) is 45.0 Å². The molecular formula is C29H42N4O7. The summed E-state index contributed by atoms with van der Waals surface area (Å²) in [5.41, 5.74) is 5.52. The molecule has 2 atom stereocenters. The Labute approximate surface area is 236 Å². The van der Waals surface area contributed by atoms with Gasteiger partial charge in [-0.15, -0.1) is 6.42 Å². The van der Waals surface area contributed by atoms with Crippen LogP contribution in [0.1, 0.15) is 83.4 Å². The predicted octanol–water partition coefficient (Wildman–Crippen LogP) is 2.57. The molecule has 1 aromatic rings. The molecule has 0 radical (unpaired) electrons. The lowest BCUT2D eigenvalue weighted by molar-refractivity contribution is -0.145. The highest BCUT2D eigenvalue weighted by Gasteiger charge is 2.36. The topological polar surface area (TPSA) is 157 Å². The van der Waals surface area contributed by atoms with Crippen LogP contribution in [0.25, 0.3) is 0 Å². The molecule has 0 fully saturated rings. The fraction of sp³-hybridized carbons (Fsp3) is 0.552. The summed E-state index contributed by atoms with van der Waals surface area (Å²) in [6.07, 6.45) is 7.56. The summed E-state index contributed by atoms with van der Waals surface area (Å²) < 4.78 is 9.96. The molecule has 0 aliphatic carbocycles. The first-order valence-corrected chi connectivity index (χ1v) is 13.3. The van der Waals surface area contributed by atoms with E-state index in [4.69, 9.17) is 16.9 Å². The number of benzene rings is 1. The summed E-state index contributed by atoms with van der Waals surface area (Å²) in [5.74, 6) is -0.0530. The van der Waals surface area contributed by atoms with Crippen LogP contribution in [0.15, 0.2) is 24.3 Å². The highest BCUT2D eigenvalue weighted by molar-refractivity contribution is 5.93. The predicted molar refractivity (Wildman–Crippen MR) is 150 cm³/mol. The van der Waals surface area contributed by atoms with Crippen molar-refractivity contribution >= 4 is 29.8 Å². The molecule has 1 aromatic carbocycles. The van der Waals surface area contributed by atoms with Crippen LogP contribution in [0.4, 0.5) is 4.79 Å². The number of hydrogen-bond acceptors (Lipinski definition) is 7. The molecule has 0 bridgehead atoms. The van der Waals surface area contributed by atoms with Crippen molar-refractivity contribution in [3.05, 3.63) is 35.4 Å². The van der Waals surface area contributed by atoms with Crippen molar-refractivity contribution in [1.29, 1.82) is 0 Å². The number of hydrogen-bond donors (Lipinski definition) is 3. The molecule has 0 saturated heterocycles. The van der Waals surface area contributed by atoms with Gasteiger partial charge in [0.1, 0.15) is 24.2 Å². The van der Waals surface area contributed by atoms with Gasteiger partial charge in [0.15, 0.2) is 0 Å². The van der Waals surface area contributed by atoms with Crippen LogP contribution in [-0.4, -0.2) is 66.5 Å². The van der Waals surface area contributed by atoms with Gasteiger partial charge in [0.05, 0.1) is 7.11 Å². The maximum absolute atomic E-state index is 14.1. The van der Waals surface area contributed by atoms with Gasteiger partial charge in [-0.05, 0) is 51.3 Å². The Morgan fingerprint density at radius 1 is 1.07 bits per heavy atom. The van der Waals surface area contributed by atoms with Crippen molar-refractivity contribution in [2.24, 2.45) is 5.73 Å². The van der Waals surface area contributed by atoms with E-state index >= 15 is 0 Å². The number of ether oxygens (including phenoxy) is 2. The van der Waals surface area contributed by atoms with Crippen molar-refractivity contribution in [3.63, 3.8) is 0 Å². The Balaban J connectivity index is 3.53. The molecule has 0 aliphatic rings. The third kappa shape index (κ3) is 12.2. The van der Waals surface area contributed by atoms with Crippen LogP contribution >= 0.6 is 0 Å². The molecular weight excluding hydrogens is 516 g/mol. The third-order valence-electron chi connectivity index (χ3n) is 5.79. The number of terminal acetylenes is 1. The zero-order valence-corrected chi connectivity index (χ0v) is 24.1. The number of primary amides is 1. The van der Waals surface area contributed by atoms with E-state index in [0.29, 0.717) is 17.5 Å². The smallest absolute Gasteiger partial charge is 0.408 e. The van der Waals surface area contributed by atoms with Gasteiger partial charge in [0.2, 0.25) is 17.7 Å². The fourth-order valence-electron chi connectivity index (χ4n) is 3.83. The number of amides is 4. The lowest BCUT2D eigenvalue weighted by Crippen LogP contribution is -2.53. The maximum atomic E-state index is 14.1. The minimum atomic E-state index is -1.21. The van der Waals surface area contributed by atoms with E-state index in [0.717, 1.165) is 19.3 Å². The molecule has 1 rings (SSSR count). The summed E-state index contributed by atoms with van der Waals surface area (Å²) in [5, 5.41) is 5.07. The van der Waals surface area contributed by atoms with Crippen LogP contribution in [0.3, 0.4) is 0 Å². The molecule has 0 heterocycles. The zero-order valence-electron chi connectivity index (χ0n) is 24.1. The summed E-state index contributed by atoms with van der Waals surface area (Å²) in [6, 6.07) is 4.14. The normalized spacial score (nSPS) is 12.3. The number of carbonyl (C=O) groups excluding carboxylic acids is 5. The Morgan fingerprint density at radius 3 is 2.25 bits per heavy atom. The molecule has 4 amide bonds. The van der Waals surface area contributed by atoms with Gasteiger partial charge in [0.25, 0.3) is 0 Å². The molecule has 40 heavy (non-hydrogen) atoms. The second-order valence-electron chi connectivity index (χ2n) is 10.3. The van der Waals surface area contributed by atoms with E-state index in [1.807, 2.05) is 6.92 Å². The summed E-state index contributed by atoms with van der Waals surface area (Å²) >= 11 is 0. The number of alkyl carbamates (subject to hydrolysis) is 1. The van der Waals surface area contributed by atoms with Crippen LogP contribution < -0.4 is 16.4 Å². The van der Waals surface area contributed by atoms with Crippen molar-refractivity contribution in [3.8, 4) is 12.3 Å². The van der Waals surface area contributed by atoms with Gasteiger partial charge in [0, 0.05) is 18.5 Å². The number of esters is 1. The lowest BCUT2D eigenvalue weighted by atomic mass is 9.99. The van der Waals surface area contributed by atoms with E-state index in [1.165, 1.54) is 12.0 Å². The van der Waals surface area contributed by atoms with E-state index in [9.17, 15) is 24.0 Å². The minimum Gasteiger partial charge on any atom is -0.468 e. The number of unbranched alkanes of at least 4 members (excludes halogenated alkanes) is 3. The Kier molecular flexibility index (Phi) is 14.3. The van der Waals surface area contributed by atoms with Gasteiger partial charge in [-0.25, -0.2) is 4.79 Å². The average molecular weight is 559 g/mol. The monoisotopic (exact) mass is 558 g/mol. The van der Waals surface area contributed by atoms with Crippen molar-refractivity contribution in [1.82, 2.24) is 15.5 Å². The molecule has 2 unspecified atom stereocenters. The van der Waals surface area contributed by atoms with Crippen molar-refractivity contribution in [2.75, 3.05) is 20.2 Å². The lowest BCUT2D eigenvalue weighted by Gasteiger charge is -2.34. The third-order valence-corrected chi connectivity index (χ3v) is 5.79. The zero-order chi connectivity index (χ0) is 30.3. The van der Waals surface area contributed by atoms with Gasteiger partial charge in [-0.2, -0.15) is 0 Å². The highest BCUT2D eigenvalue weighted by Crippen LogP contribution is 2.25. The van der Waals surface area contributed by atoms with Crippen molar-refractivity contribution in [2.45, 2.75) is 83.9 Å². The first-order chi connectivity index (χ1) is 18.8. The number of nitrogens with zero attached hydrogens (tertiary/aromatic N) is 1. The largest absolute Gasteiger partial charge is 0.468 e. The van der Waals surface area contributed by atoms with Crippen LogP contribution in [0.5, 0.6) is 0 Å². The average Bonchev–Trinajstić information content (AvgIpc) is 2.89. The molecule has 0 spiro atoms. The van der Waals surface area contributed by atoms with Gasteiger partial charge in [-0.3, -0.25) is 19.2 Å². The SMILES string of the molecule is C#Cc1ccc(C(C(=O)NCC(=O)OC)N(CCCCCC)C(=O)C(CCC(N)=O)NC(=O)OC(C)(C)C)cc1. The number of nitrogens with one attached hydrogen (secondary N) is 2. The summed E-state index contributed by atoms with van der Waals surface area (Å²) in [6.45, 7) is 6.82. The van der Waals surface area contributed by atoms with Gasteiger partial charge in [-0.1, -0.05) is 44.2 Å². The molecule has 0 aliphatic heterocycles. The van der Waals surface area contributed by atoms with E-state index in [2.05, 4.69) is 21.3 Å². The fourth-order valence-corrected chi connectivity index (χ4v) is 3.83. The highest BCUT2D eigenvalue weighted by atomic mass is 16.6. The molecule has 4 N–H and O–H groups in total. The Hall–Kier alpha value is -4.07. The molecule has 11 nitrogen and oxygen atoms in total. The van der Waals surface area contributed by atoms with Crippen LogP contribution in [-0.2, 0) is 28.7 Å². The second-order valence-corrected chi connectivity index (χ2v) is 10.3. The van der Waals surface area contributed by atoms with Gasteiger partial charge < -0.3 is 30.7 Å². The number of methoxy groups -OCH3 is 1. The number of rotatable bonds is 15. The minimum absolute atomic E-state index is 0.106. The van der Waals surface area contributed by atoms with Crippen LogP contribution in [0, 0.1) is 12.3 Å². The summed E-state index contributed by atoms with van der Waals surface area (Å²) in [7, 11) is 1.19. The maximum Gasteiger partial charge on any atom is 0.408 e. The first kappa shape index (κ1) is 34.0. The number of nitrogens with two attached hydrogens (primary N) is 1. The second kappa shape index (κ2) is 16.8. The quantitative estimate of drug-likeness (QED) is 0.170. The van der Waals surface area contributed by atoms with Crippen molar-refractivity contribution < 1.29 is 33.4 Å². The summed E-state index contributed by atoms with van der Waals surface area (Å²) in [4.78, 5) is 64.9. The van der Waals surface area contributed by atoms with E-state index in [-0.39, 0.29) is 19.4 Å². The van der Waals surface area contributed by atoms with Crippen LogP contribution in [0.2, 0.25) is 0 Å². The standard InChI is InChI=1S/C29H42N4O7/c1-7-9-10-11-18-33(27(37)22(16-17-23(30)34)32-28(38)40-29(3,4)5)25(26(36)31-19-24(35)39-6)21-14-12-20(8-2)13-15-21/h2,12-15,22,25H,7,9-11,16-19H2,1,3-6H3,(H2,30,34)(H,31,36)(H,32,38). The molecule has 0 saturated carbocycles. The Bertz CT molecular complexity index is 1060. The number of carbonyl (C=O) groups is 5. The molecule has 0 aromatic heterocycles. The first-order valence-electron chi connectivity index (χ1n) is 13.3. The van der Waals surface area contributed by atoms with E-state index < -0.39 is 54.0 Å².